The normalized spacial score (nSPS) is 19.9. The van der Waals surface area contributed by atoms with E-state index in [1.54, 1.807) is 42.4 Å². The van der Waals surface area contributed by atoms with Crippen LogP contribution in [0.3, 0.4) is 0 Å². The average Bonchev–Trinajstić information content (AvgIpc) is 3.62. The molecule has 1 fully saturated rings. The maximum atomic E-state index is 12.8. The van der Waals surface area contributed by atoms with Crippen LogP contribution in [0.5, 0.6) is 0 Å². The fourth-order valence-electron chi connectivity index (χ4n) is 6.12. The zero-order chi connectivity index (χ0) is 32.3. The number of carbonyl (C=O) groups is 1. The summed E-state index contributed by atoms with van der Waals surface area (Å²) in [5.74, 6) is 0.421. The van der Waals surface area contributed by atoms with E-state index in [1.807, 2.05) is 18.0 Å². The number of hydrogen-bond donors (Lipinski definition) is 0. The molecule has 3 rings (SSSR count). The Morgan fingerprint density at radius 3 is 2.16 bits per heavy atom. The van der Waals surface area contributed by atoms with Gasteiger partial charge < -0.3 is 19.3 Å². The highest BCUT2D eigenvalue weighted by atomic mass is 32.2. The van der Waals surface area contributed by atoms with Gasteiger partial charge in [-0.2, -0.15) is 8.42 Å². The van der Waals surface area contributed by atoms with Crippen molar-refractivity contribution in [1.82, 2.24) is 9.80 Å². The largest absolute Gasteiger partial charge is 0.463 e. The Balaban J connectivity index is 1.17. The minimum Gasteiger partial charge on any atom is -0.463 e. The lowest BCUT2D eigenvalue weighted by Crippen LogP contribution is -2.40. The SMILES string of the molecule is CCCCCCCCCCCCCCC1COC(COC(=O)CCCCCN2C=CN(C)C2OS(=O)(=O)c2ccc(C)cc2)C1. The van der Waals surface area contributed by atoms with Crippen molar-refractivity contribution in [3.63, 3.8) is 0 Å². The van der Waals surface area contributed by atoms with Crippen molar-refractivity contribution in [3.05, 3.63) is 42.2 Å². The summed E-state index contributed by atoms with van der Waals surface area (Å²) in [5.41, 5.74) is 0.986. The number of hydrogen-bond acceptors (Lipinski definition) is 8. The first-order chi connectivity index (χ1) is 21.8. The Labute approximate surface area is 274 Å². The fraction of sp³-hybridized carbons (Fsp3) is 0.750. The molecule has 1 aromatic rings. The number of rotatable bonds is 24. The van der Waals surface area contributed by atoms with Crippen LogP contribution in [0.1, 0.15) is 128 Å². The van der Waals surface area contributed by atoms with Crippen LogP contribution in [0.4, 0.5) is 0 Å². The van der Waals surface area contributed by atoms with E-state index < -0.39 is 16.5 Å². The summed E-state index contributed by atoms with van der Waals surface area (Å²) in [6, 6.07) is 6.64. The molecule has 0 aliphatic carbocycles. The second-order valence-corrected chi connectivity index (χ2v) is 14.7. The van der Waals surface area contributed by atoms with Crippen molar-refractivity contribution in [1.29, 1.82) is 0 Å². The Hall–Kier alpha value is -2.10. The van der Waals surface area contributed by atoms with Gasteiger partial charge in [0, 0.05) is 32.4 Å². The van der Waals surface area contributed by atoms with Gasteiger partial charge in [0.1, 0.15) is 6.61 Å². The van der Waals surface area contributed by atoms with Gasteiger partial charge in [-0.1, -0.05) is 108 Å². The van der Waals surface area contributed by atoms with Gasteiger partial charge in [0.15, 0.2) is 0 Å². The van der Waals surface area contributed by atoms with E-state index in [0.717, 1.165) is 37.9 Å². The molecule has 0 amide bonds. The van der Waals surface area contributed by atoms with Gasteiger partial charge in [0.2, 0.25) is 6.35 Å². The van der Waals surface area contributed by atoms with Crippen LogP contribution < -0.4 is 0 Å². The Bertz CT molecular complexity index is 1090. The maximum Gasteiger partial charge on any atom is 0.305 e. The van der Waals surface area contributed by atoms with E-state index in [0.29, 0.717) is 25.5 Å². The molecule has 2 aliphatic rings. The van der Waals surface area contributed by atoms with E-state index >= 15 is 0 Å². The van der Waals surface area contributed by atoms with Crippen LogP contribution in [0.25, 0.3) is 0 Å². The van der Waals surface area contributed by atoms with Crippen LogP contribution in [0, 0.1) is 12.8 Å². The molecule has 2 heterocycles. The number of ether oxygens (including phenoxy) is 2. The molecule has 2 aliphatic heterocycles. The summed E-state index contributed by atoms with van der Waals surface area (Å²) < 4.78 is 42.6. The van der Waals surface area contributed by atoms with Crippen LogP contribution in [0.15, 0.2) is 41.6 Å². The van der Waals surface area contributed by atoms with E-state index in [2.05, 4.69) is 6.92 Å². The smallest absolute Gasteiger partial charge is 0.305 e. The quantitative estimate of drug-likeness (QED) is 0.0629. The molecule has 0 N–H and O–H groups in total. The van der Waals surface area contributed by atoms with Gasteiger partial charge in [0.05, 0.1) is 17.6 Å². The molecule has 3 unspecified atom stereocenters. The third kappa shape index (κ3) is 14.5. The summed E-state index contributed by atoms with van der Waals surface area (Å²) in [5, 5.41) is 0. The van der Waals surface area contributed by atoms with Gasteiger partial charge in [-0.05, 0) is 50.7 Å². The van der Waals surface area contributed by atoms with Gasteiger partial charge in [-0.25, -0.2) is 4.18 Å². The highest BCUT2D eigenvalue weighted by Gasteiger charge is 2.31. The maximum absolute atomic E-state index is 12.8. The molecule has 8 nitrogen and oxygen atoms in total. The van der Waals surface area contributed by atoms with Crippen molar-refractivity contribution in [2.24, 2.45) is 5.92 Å². The van der Waals surface area contributed by atoms with Crippen molar-refractivity contribution < 1.29 is 26.9 Å². The van der Waals surface area contributed by atoms with Crippen molar-refractivity contribution in [2.45, 2.75) is 147 Å². The molecule has 0 radical (unpaired) electrons. The number of benzene rings is 1. The lowest BCUT2D eigenvalue weighted by Gasteiger charge is -2.29. The molecule has 45 heavy (non-hydrogen) atoms. The molecular formula is C36H60N2O6S. The Morgan fingerprint density at radius 1 is 0.867 bits per heavy atom. The van der Waals surface area contributed by atoms with Crippen LogP contribution in [-0.2, 0) is 28.6 Å². The summed E-state index contributed by atoms with van der Waals surface area (Å²) in [6.07, 6.45) is 24.4. The number of aryl methyl sites for hydroxylation is 1. The van der Waals surface area contributed by atoms with Crippen molar-refractivity contribution in [2.75, 3.05) is 26.8 Å². The van der Waals surface area contributed by atoms with Gasteiger partial charge in [-0.15, -0.1) is 0 Å². The number of esters is 1. The van der Waals surface area contributed by atoms with E-state index in [-0.39, 0.29) is 17.0 Å². The van der Waals surface area contributed by atoms with Gasteiger partial charge >= 0.3 is 5.97 Å². The molecule has 0 bridgehead atoms. The predicted molar refractivity (Wildman–Crippen MR) is 180 cm³/mol. The summed E-state index contributed by atoms with van der Waals surface area (Å²) in [6.45, 7) is 5.95. The number of nitrogens with zero attached hydrogens (tertiary/aromatic N) is 2. The van der Waals surface area contributed by atoms with E-state index in [9.17, 15) is 13.2 Å². The number of carbonyl (C=O) groups excluding carboxylic acids is 1. The molecule has 0 aromatic heterocycles. The standard InChI is InChI=1S/C36H60N2O6S/c1-4-5-6-7-8-9-10-11-12-13-14-16-19-32-28-33(42-29-32)30-43-35(39)20-17-15-18-25-38-27-26-37(3)36(38)44-45(40,41)34-23-21-31(2)22-24-34/h21-24,26-27,32-33,36H,4-20,25,28-30H2,1-3H3. The van der Waals surface area contributed by atoms with Crippen molar-refractivity contribution >= 4 is 16.1 Å². The van der Waals surface area contributed by atoms with Crippen LogP contribution in [-0.4, -0.2) is 63.4 Å². The Kier molecular flexibility index (Phi) is 17.4. The molecule has 0 spiro atoms. The predicted octanol–water partition coefficient (Wildman–Crippen LogP) is 8.30. The highest BCUT2D eigenvalue weighted by Crippen LogP contribution is 2.26. The summed E-state index contributed by atoms with van der Waals surface area (Å²) in [7, 11) is -2.11. The lowest BCUT2D eigenvalue weighted by atomic mass is 9.97. The fourth-order valence-corrected chi connectivity index (χ4v) is 7.18. The van der Waals surface area contributed by atoms with Gasteiger partial charge in [-0.3, -0.25) is 4.79 Å². The molecule has 1 aromatic carbocycles. The van der Waals surface area contributed by atoms with Gasteiger partial charge in [0.25, 0.3) is 10.1 Å². The first-order valence-electron chi connectivity index (χ1n) is 17.7. The second kappa shape index (κ2) is 20.9. The monoisotopic (exact) mass is 648 g/mol. The molecule has 256 valence electrons. The third-order valence-electron chi connectivity index (χ3n) is 9.01. The number of unbranched alkanes of at least 4 members (excludes halogenated alkanes) is 13. The van der Waals surface area contributed by atoms with Crippen LogP contribution in [0.2, 0.25) is 0 Å². The van der Waals surface area contributed by atoms with E-state index in [1.165, 1.54) is 83.5 Å². The van der Waals surface area contributed by atoms with Crippen molar-refractivity contribution in [3.8, 4) is 0 Å². The lowest BCUT2D eigenvalue weighted by molar-refractivity contribution is -0.147. The van der Waals surface area contributed by atoms with Crippen LogP contribution >= 0.6 is 0 Å². The molecular weight excluding hydrogens is 588 g/mol. The zero-order valence-corrected chi connectivity index (χ0v) is 29.1. The molecule has 1 saturated heterocycles. The minimum atomic E-state index is -3.90. The first kappa shape index (κ1) is 37.4. The van der Waals surface area contributed by atoms with E-state index in [4.69, 9.17) is 13.7 Å². The Morgan fingerprint density at radius 2 is 1.49 bits per heavy atom. The third-order valence-corrected chi connectivity index (χ3v) is 10.3. The highest BCUT2D eigenvalue weighted by molar-refractivity contribution is 7.86. The average molecular weight is 649 g/mol. The zero-order valence-electron chi connectivity index (χ0n) is 28.3. The molecule has 9 heteroatoms. The molecule has 3 atom stereocenters. The minimum absolute atomic E-state index is 0.0309. The summed E-state index contributed by atoms with van der Waals surface area (Å²) in [4.78, 5) is 16.1. The molecule has 0 saturated carbocycles. The first-order valence-corrected chi connectivity index (χ1v) is 19.1. The summed E-state index contributed by atoms with van der Waals surface area (Å²) >= 11 is 0. The topological polar surface area (TPSA) is 85.4 Å². The second-order valence-electron chi connectivity index (χ2n) is 13.1.